The van der Waals surface area contributed by atoms with Crippen LogP contribution in [0.5, 0.6) is 6.01 Å². The maximum atomic E-state index is 5.45. The normalized spacial score (nSPS) is 10.5. The van der Waals surface area contributed by atoms with E-state index in [2.05, 4.69) is 55.1 Å². The lowest BCUT2D eigenvalue weighted by atomic mass is 10.2. The van der Waals surface area contributed by atoms with E-state index in [0.717, 1.165) is 18.7 Å². The Bertz CT molecular complexity index is 621. The number of halogens is 1. The Morgan fingerprint density at radius 1 is 0.958 bits per heavy atom. The van der Waals surface area contributed by atoms with E-state index in [1.165, 1.54) is 22.8 Å². The van der Waals surface area contributed by atoms with Crippen LogP contribution in [0.4, 0.5) is 17.6 Å². The Morgan fingerprint density at radius 3 is 2.42 bits per heavy atom. The predicted molar refractivity (Wildman–Crippen MR) is 106 cm³/mol. The molecule has 7 heteroatoms. The van der Waals surface area contributed by atoms with Crippen LogP contribution in [0.2, 0.25) is 0 Å². The fraction of sp³-hybridized carbons (Fsp3) is 0.471. The Kier molecular flexibility index (Phi) is 8.00. The molecule has 1 aromatic carbocycles. The summed E-state index contributed by atoms with van der Waals surface area (Å²) in [5, 5.41) is 6.45. The second-order valence-corrected chi connectivity index (χ2v) is 6.56. The second-order valence-electron chi connectivity index (χ2n) is 5.32. The molecule has 24 heavy (non-hydrogen) atoms. The number of nitrogens with one attached hydrogen (secondary N) is 2. The van der Waals surface area contributed by atoms with Gasteiger partial charge in [-0.2, -0.15) is 15.0 Å². The molecular weight excluding hydrogens is 417 g/mol. The van der Waals surface area contributed by atoms with E-state index < -0.39 is 0 Å². The average Bonchev–Trinajstić information content (AvgIpc) is 2.57. The van der Waals surface area contributed by atoms with Gasteiger partial charge in [0.25, 0.3) is 0 Å². The van der Waals surface area contributed by atoms with Gasteiger partial charge in [0.1, 0.15) is 0 Å². The van der Waals surface area contributed by atoms with Crippen molar-refractivity contribution in [1.29, 1.82) is 0 Å². The van der Waals surface area contributed by atoms with E-state index in [-0.39, 0.29) is 0 Å². The number of nitrogens with zero attached hydrogens (tertiary/aromatic N) is 3. The van der Waals surface area contributed by atoms with Crippen LogP contribution < -0.4 is 15.4 Å². The highest BCUT2D eigenvalue weighted by Gasteiger charge is 2.07. The minimum absolute atomic E-state index is 0.330. The van der Waals surface area contributed by atoms with E-state index in [4.69, 9.17) is 4.74 Å². The summed E-state index contributed by atoms with van der Waals surface area (Å²) in [6, 6.07) is 8.37. The lowest BCUT2D eigenvalue weighted by Crippen LogP contribution is -2.10. The summed E-state index contributed by atoms with van der Waals surface area (Å²) in [6.07, 6.45) is 4.79. The van der Waals surface area contributed by atoms with Crippen LogP contribution in [0.3, 0.4) is 0 Å². The molecule has 0 spiro atoms. The fourth-order valence-electron chi connectivity index (χ4n) is 2.10. The van der Waals surface area contributed by atoms with Crippen LogP contribution in [-0.4, -0.2) is 28.1 Å². The summed E-state index contributed by atoms with van der Waals surface area (Å²) in [4.78, 5) is 13.0. The van der Waals surface area contributed by atoms with Crippen LogP contribution >= 0.6 is 22.6 Å². The Balaban J connectivity index is 2.04. The molecule has 0 fully saturated rings. The molecule has 130 valence electrons. The zero-order chi connectivity index (χ0) is 17.2. The van der Waals surface area contributed by atoms with Crippen molar-refractivity contribution in [1.82, 2.24) is 15.0 Å². The summed E-state index contributed by atoms with van der Waals surface area (Å²) in [7, 11) is 0. The van der Waals surface area contributed by atoms with E-state index >= 15 is 0 Å². The van der Waals surface area contributed by atoms with E-state index in [1.807, 2.05) is 31.2 Å². The first kappa shape index (κ1) is 18.7. The van der Waals surface area contributed by atoms with Crippen molar-refractivity contribution in [3.8, 4) is 6.01 Å². The van der Waals surface area contributed by atoms with Gasteiger partial charge in [-0.3, -0.25) is 0 Å². The molecule has 0 atom stereocenters. The molecule has 0 aliphatic heterocycles. The van der Waals surface area contributed by atoms with Crippen LogP contribution in [0.15, 0.2) is 24.3 Å². The minimum atomic E-state index is 0.330. The molecule has 2 rings (SSSR count). The van der Waals surface area contributed by atoms with Gasteiger partial charge in [-0.25, -0.2) is 0 Å². The molecule has 0 radical (unpaired) electrons. The highest BCUT2D eigenvalue weighted by molar-refractivity contribution is 14.1. The maximum Gasteiger partial charge on any atom is 0.323 e. The van der Waals surface area contributed by atoms with E-state index in [1.54, 1.807) is 0 Å². The van der Waals surface area contributed by atoms with Gasteiger partial charge in [-0.05, 0) is 60.2 Å². The molecule has 0 saturated heterocycles. The van der Waals surface area contributed by atoms with Crippen molar-refractivity contribution in [3.63, 3.8) is 0 Å². The molecular formula is C17H24IN5O. The van der Waals surface area contributed by atoms with Gasteiger partial charge in [0.15, 0.2) is 0 Å². The van der Waals surface area contributed by atoms with Gasteiger partial charge in [-0.1, -0.05) is 26.2 Å². The number of anilines is 3. The first-order valence-electron chi connectivity index (χ1n) is 8.36. The summed E-state index contributed by atoms with van der Waals surface area (Å²) in [5.74, 6) is 1.02. The van der Waals surface area contributed by atoms with Gasteiger partial charge in [0.05, 0.1) is 6.61 Å². The van der Waals surface area contributed by atoms with Crippen LogP contribution in [0.25, 0.3) is 0 Å². The zero-order valence-electron chi connectivity index (χ0n) is 14.2. The number of unbranched alkanes of at least 4 members (excludes halogenated alkanes) is 3. The summed E-state index contributed by atoms with van der Waals surface area (Å²) in [6.45, 7) is 5.48. The van der Waals surface area contributed by atoms with E-state index in [9.17, 15) is 0 Å². The zero-order valence-corrected chi connectivity index (χ0v) is 16.3. The minimum Gasteiger partial charge on any atom is -0.464 e. The third-order valence-corrected chi connectivity index (χ3v) is 4.02. The highest BCUT2D eigenvalue weighted by atomic mass is 127. The number of benzene rings is 1. The molecule has 1 heterocycles. The van der Waals surface area contributed by atoms with Gasteiger partial charge in [0.2, 0.25) is 11.9 Å². The predicted octanol–water partition coefficient (Wildman–Crippen LogP) is 4.61. The number of hydrogen-bond acceptors (Lipinski definition) is 6. The Hall–Kier alpha value is -1.64. The molecule has 0 saturated carbocycles. The lowest BCUT2D eigenvalue weighted by Gasteiger charge is -2.10. The standard InChI is InChI=1S/C17H24IN5O/c1-3-5-6-7-12-19-15-21-16(23-17(22-15)24-4-2)20-14-10-8-13(18)9-11-14/h8-11H,3-7,12H2,1-2H3,(H2,19,20,21,22,23). The molecule has 0 bridgehead atoms. The van der Waals surface area contributed by atoms with Crippen LogP contribution in [0.1, 0.15) is 39.5 Å². The van der Waals surface area contributed by atoms with Crippen molar-refractivity contribution < 1.29 is 4.74 Å². The van der Waals surface area contributed by atoms with Gasteiger partial charge in [-0.15, -0.1) is 0 Å². The molecule has 2 N–H and O–H groups in total. The quantitative estimate of drug-likeness (QED) is 0.415. The monoisotopic (exact) mass is 441 g/mol. The van der Waals surface area contributed by atoms with E-state index in [0.29, 0.717) is 24.5 Å². The molecule has 0 aliphatic rings. The summed E-state index contributed by atoms with van der Waals surface area (Å²) < 4.78 is 6.62. The molecule has 0 amide bonds. The van der Waals surface area contributed by atoms with Crippen LogP contribution in [-0.2, 0) is 0 Å². The molecule has 2 aromatic rings. The van der Waals surface area contributed by atoms with Crippen molar-refractivity contribution in [2.75, 3.05) is 23.8 Å². The molecule has 1 aromatic heterocycles. The average molecular weight is 441 g/mol. The smallest absolute Gasteiger partial charge is 0.323 e. The van der Waals surface area contributed by atoms with Crippen LogP contribution in [0, 0.1) is 3.57 Å². The van der Waals surface area contributed by atoms with Crippen molar-refractivity contribution in [2.45, 2.75) is 39.5 Å². The SMILES string of the molecule is CCCCCCNc1nc(Nc2ccc(I)cc2)nc(OCC)n1. The third kappa shape index (κ3) is 6.46. The number of ether oxygens (including phenoxy) is 1. The first-order chi connectivity index (χ1) is 11.7. The Labute approximate surface area is 157 Å². The maximum absolute atomic E-state index is 5.45. The van der Waals surface area contributed by atoms with Crippen molar-refractivity contribution >= 4 is 40.2 Å². The summed E-state index contributed by atoms with van der Waals surface area (Å²) in [5.41, 5.74) is 0.929. The van der Waals surface area contributed by atoms with Crippen molar-refractivity contribution in [3.05, 3.63) is 27.8 Å². The third-order valence-electron chi connectivity index (χ3n) is 3.30. The topological polar surface area (TPSA) is 72.0 Å². The van der Waals surface area contributed by atoms with Gasteiger partial charge >= 0.3 is 6.01 Å². The van der Waals surface area contributed by atoms with Crippen molar-refractivity contribution in [2.24, 2.45) is 0 Å². The lowest BCUT2D eigenvalue weighted by molar-refractivity contribution is 0.312. The largest absolute Gasteiger partial charge is 0.464 e. The molecule has 0 aliphatic carbocycles. The van der Waals surface area contributed by atoms with Gasteiger partial charge < -0.3 is 15.4 Å². The number of hydrogen-bond donors (Lipinski definition) is 2. The summed E-state index contributed by atoms with van der Waals surface area (Å²) >= 11 is 2.27. The fourth-order valence-corrected chi connectivity index (χ4v) is 2.46. The number of rotatable bonds is 10. The second kappa shape index (κ2) is 10.3. The highest BCUT2D eigenvalue weighted by Crippen LogP contribution is 2.18. The first-order valence-corrected chi connectivity index (χ1v) is 9.44. The molecule has 0 unspecified atom stereocenters. The molecule has 6 nitrogen and oxygen atoms in total. The number of aromatic nitrogens is 3. The Morgan fingerprint density at radius 2 is 1.71 bits per heavy atom. The van der Waals surface area contributed by atoms with Gasteiger partial charge in [0, 0.05) is 15.8 Å².